The van der Waals surface area contributed by atoms with E-state index in [0.717, 1.165) is 0 Å². The van der Waals surface area contributed by atoms with E-state index in [-0.39, 0.29) is 31.3 Å². The van der Waals surface area contributed by atoms with Crippen LogP contribution in [0, 0.1) is 5.92 Å². The molecule has 15 heteroatoms. The van der Waals surface area contributed by atoms with Gasteiger partial charge in [-0.05, 0) is 57.1 Å². The normalized spacial score (nSPS) is 25.8. The maximum absolute atomic E-state index is 14.2. The molecule has 6 atom stereocenters. The third kappa shape index (κ3) is 9.61. The molecule has 2 aliphatic rings. The predicted molar refractivity (Wildman–Crippen MR) is 185 cm³/mol. The molecule has 4 rings (SSSR count). The standard InChI is InChI=1S/C34H48N8O6S/c1-19(2)29-34(48)41-18-24(37-31(45)23-16-35-42(17-23)20(3)4)14-27(41)33(47)36-21(5)30(44)39-26(22-10-8-7-9-11-22)15-28(43)38-25(12-13-49-6)32(46)40-29/h7-11,16-17,19-21,24-27,29H,12-15,18H2,1-6H3,(H,36,47)(H,37,45)(H,38,43)(H,39,44)(H,40,46)/t21-,24-,25-,26-,27-,29-/m0/s1. The van der Waals surface area contributed by atoms with E-state index in [9.17, 15) is 28.8 Å². The molecule has 0 spiro atoms. The first-order chi connectivity index (χ1) is 23.3. The number of nitrogens with zero attached hydrogens (tertiary/aromatic N) is 3. The highest BCUT2D eigenvalue weighted by atomic mass is 32.2. The molecule has 49 heavy (non-hydrogen) atoms. The van der Waals surface area contributed by atoms with Crippen molar-refractivity contribution in [2.75, 3.05) is 18.6 Å². The number of hydrogen-bond acceptors (Lipinski definition) is 8. The van der Waals surface area contributed by atoms with Gasteiger partial charge in [-0.15, -0.1) is 0 Å². The van der Waals surface area contributed by atoms with E-state index in [1.165, 1.54) is 29.8 Å². The molecule has 1 aromatic heterocycles. The summed E-state index contributed by atoms with van der Waals surface area (Å²) in [5.74, 6) is -2.79. The average molecular weight is 697 g/mol. The van der Waals surface area contributed by atoms with E-state index >= 15 is 0 Å². The minimum absolute atomic E-state index is 0.00334. The van der Waals surface area contributed by atoms with Crippen molar-refractivity contribution in [2.24, 2.45) is 5.92 Å². The number of nitrogens with one attached hydrogen (secondary N) is 5. The first-order valence-corrected chi connectivity index (χ1v) is 18.1. The molecule has 14 nitrogen and oxygen atoms in total. The van der Waals surface area contributed by atoms with Crippen LogP contribution in [0.15, 0.2) is 42.7 Å². The summed E-state index contributed by atoms with van der Waals surface area (Å²) in [6, 6.07) is 3.68. The van der Waals surface area contributed by atoms with Crippen molar-refractivity contribution in [3.05, 3.63) is 53.9 Å². The van der Waals surface area contributed by atoms with Crippen LogP contribution in [0.1, 0.15) is 81.9 Å². The Morgan fingerprint density at radius 3 is 2.33 bits per heavy atom. The van der Waals surface area contributed by atoms with E-state index in [0.29, 0.717) is 23.3 Å². The summed E-state index contributed by atoms with van der Waals surface area (Å²) in [6.07, 6.45) is 5.24. The van der Waals surface area contributed by atoms with Gasteiger partial charge in [-0.2, -0.15) is 16.9 Å². The highest BCUT2D eigenvalue weighted by Crippen LogP contribution is 2.23. The number of carbonyl (C=O) groups is 6. The molecule has 1 aromatic carbocycles. The highest BCUT2D eigenvalue weighted by Gasteiger charge is 2.44. The Balaban J connectivity index is 1.66. The van der Waals surface area contributed by atoms with Gasteiger partial charge in [0.1, 0.15) is 24.2 Å². The number of hydrogen-bond donors (Lipinski definition) is 5. The van der Waals surface area contributed by atoms with E-state index in [2.05, 4.69) is 31.7 Å². The van der Waals surface area contributed by atoms with Crippen LogP contribution in [0.5, 0.6) is 0 Å². The molecule has 6 amide bonds. The number of rotatable bonds is 8. The first-order valence-electron chi connectivity index (χ1n) is 16.7. The maximum Gasteiger partial charge on any atom is 0.254 e. The molecule has 2 aliphatic heterocycles. The highest BCUT2D eigenvalue weighted by molar-refractivity contribution is 7.98. The summed E-state index contributed by atoms with van der Waals surface area (Å²) >= 11 is 1.52. The Bertz CT molecular complexity index is 1510. The second kappa shape index (κ2) is 16.8. The number of thioether (sulfide) groups is 1. The van der Waals surface area contributed by atoms with Gasteiger partial charge in [0.2, 0.25) is 29.5 Å². The molecule has 0 radical (unpaired) electrons. The fourth-order valence-corrected chi connectivity index (χ4v) is 6.41. The summed E-state index contributed by atoms with van der Waals surface area (Å²) in [4.78, 5) is 83.1. The van der Waals surface area contributed by atoms with E-state index in [1.807, 2.05) is 26.2 Å². The van der Waals surface area contributed by atoms with Gasteiger partial charge in [0.05, 0.1) is 24.2 Å². The second-order valence-corrected chi connectivity index (χ2v) is 14.2. The molecular weight excluding hydrogens is 648 g/mol. The first kappa shape index (κ1) is 37.4. The van der Waals surface area contributed by atoms with E-state index in [4.69, 9.17) is 0 Å². The Hall–Kier alpha value is -4.40. The van der Waals surface area contributed by atoms with E-state index < -0.39 is 71.7 Å². The van der Waals surface area contributed by atoms with Crippen molar-refractivity contribution in [1.29, 1.82) is 0 Å². The molecular formula is C34H48N8O6S. The van der Waals surface area contributed by atoms with Crippen molar-refractivity contribution < 1.29 is 28.8 Å². The van der Waals surface area contributed by atoms with Crippen molar-refractivity contribution in [2.45, 2.75) is 96.2 Å². The molecule has 2 fully saturated rings. The lowest BCUT2D eigenvalue weighted by atomic mass is 10.0. The molecule has 5 N–H and O–H groups in total. The lowest BCUT2D eigenvalue weighted by Gasteiger charge is -2.32. The van der Waals surface area contributed by atoms with Gasteiger partial charge in [0.25, 0.3) is 5.91 Å². The number of aromatic nitrogens is 2. The van der Waals surface area contributed by atoms with Gasteiger partial charge in [-0.1, -0.05) is 44.2 Å². The zero-order valence-electron chi connectivity index (χ0n) is 28.9. The summed E-state index contributed by atoms with van der Waals surface area (Å²) in [6.45, 7) is 8.97. The lowest BCUT2D eigenvalue weighted by Crippen LogP contribution is -2.59. The van der Waals surface area contributed by atoms with Crippen molar-refractivity contribution in [3.63, 3.8) is 0 Å². The smallest absolute Gasteiger partial charge is 0.254 e. The van der Waals surface area contributed by atoms with Crippen LogP contribution in [0.25, 0.3) is 0 Å². The average Bonchev–Trinajstić information content (AvgIpc) is 3.73. The number of fused-ring (bicyclic) bond motifs is 1. The van der Waals surface area contributed by atoms with Gasteiger partial charge < -0.3 is 31.5 Å². The van der Waals surface area contributed by atoms with Gasteiger partial charge >= 0.3 is 0 Å². The lowest BCUT2D eigenvalue weighted by molar-refractivity contribution is -0.143. The monoisotopic (exact) mass is 696 g/mol. The van der Waals surface area contributed by atoms with Crippen LogP contribution in [-0.2, 0) is 24.0 Å². The minimum Gasteiger partial charge on any atom is -0.347 e. The molecule has 0 aliphatic carbocycles. The Morgan fingerprint density at radius 2 is 1.69 bits per heavy atom. The maximum atomic E-state index is 14.2. The Kier molecular flexibility index (Phi) is 12.8. The van der Waals surface area contributed by atoms with Crippen LogP contribution in [0.2, 0.25) is 0 Å². The SMILES string of the molecule is CSCC[C@@H]1NC(=O)C[C@@H](c2ccccc2)NC(=O)[C@H](C)NC(=O)[C@@H]2C[C@H](NC(=O)c3cnn(C(C)C)c3)CN2C(=O)[C@H](C(C)C)NC1=O. The van der Waals surface area contributed by atoms with Crippen molar-refractivity contribution in [3.8, 4) is 0 Å². The fourth-order valence-electron chi connectivity index (χ4n) is 5.94. The largest absolute Gasteiger partial charge is 0.347 e. The second-order valence-electron chi connectivity index (χ2n) is 13.3. The van der Waals surface area contributed by atoms with Gasteiger partial charge in [-0.3, -0.25) is 33.4 Å². The number of carbonyl (C=O) groups excluding carboxylic acids is 6. The number of amides is 6. The Morgan fingerprint density at radius 1 is 0.980 bits per heavy atom. The van der Waals surface area contributed by atoms with Crippen LogP contribution in [0.3, 0.4) is 0 Å². The fraction of sp³-hybridized carbons (Fsp3) is 0.559. The van der Waals surface area contributed by atoms with Crippen LogP contribution in [-0.4, -0.2) is 98.9 Å². The summed E-state index contributed by atoms with van der Waals surface area (Å²) in [5, 5.41) is 18.4. The third-order valence-electron chi connectivity index (χ3n) is 8.77. The van der Waals surface area contributed by atoms with Crippen molar-refractivity contribution >= 4 is 47.2 Å². The summed E-state index contributed by atoms with van der Waals surface area (Å²) in [5.41, 5.74) is 1.02. The molecule has 0 unspecified atom stereocenters. The van der Waals surface area contributed by atoms with Crippen LogP contribution < -0.4 is 26.6 Å². The molecule has 2 aromatic rings. The molecule has 0 saturated carbocycles. The summed E-state index contributed by atoms with van der Waals surface area (Å²) < 4.78 is 1.66. The minimum atomic E-state index is -1.03. The van der Waals surface area contributed by atoms with E-state index in [1.54, 1.807) is 49.0 Å². The van der Waals surface area contributed by atoms with Crippen LogP contribution >= 0.6 is 11.8 Å². The molecule has 266 valence electrons. The topological polar surface area (TPSA) is 184 Å². The number of benzene rings is 1. The predicted octanol–water partition coefficient (Wildman–Crippen LogP) is 1.31. The van der Waals surface area contributed by atoms with Gasteiger partial charge in [0, 0.05) is 24.8 Å². The molecule has 3 heterocycles. The zero-order valence-corrected chi connectivity index (χ0v) is 29.7. The van der Waals surface area contributed by atoms with Crippen LogP contribution in [0.4, 0.5) is 0 Å². The van der Waals surface area contributed by atoms with Gasteiger partial charge in [0.15, 0.2) is 0 Å². The van der Waals surface area contributed by atoms with Crippen molar-refractivity contribution in [1.82, 2.24) is 41.3 Å². The quantitative estimate of drug-likeness (QED) is 0.274. The molecule has 0 bridgehead atoms. The zero-order chi connectivity index (χ0) is 35.8. The third-order valence-corrected chi connectivity index (χ3v) is 9.41. The summed E-state index contributed by atoms with van der Waals surface area (Å²) in [7, 11) is 0. The Labute approximate surface area is 291 Å². The van der Waals surface area contributed by atoms with Gasteiger partial charge in [-0.25, -0.2) is 0 Å². The molecule has 2 saturated heterocycles.